The molecule has 0 bridgehead atoms. The highest BCUT2D eigenvalue weighted by Crippen LogP contribution is 2.50. The summed E-state index contributed by atoms with van der Waals surface area (Å²) in [4.78, 5) is 12.1. The largest absolute Gasteiger partial charge is 0.499 e. The fourth-order valence-electron chi connectivity index (χ4n) is 2.38. The number of fused-ring (bicyclic) bond motifs is 1. The first-order chi connectivity index (χ1) is 10.6. The molecule has 0 aliphatic heterocycles. The second-order valence-electron chi connectivity index (χ2n) is 4.81. The molecule has 0 spiro atoms. The van der Waals surface area contributed by atoms with Crippen LogP contribution in [0.15, 0.2) is 24.3 Å². The van der Waals surface area contributed by atoms with E-state index in [0.29, 0.717) is 0 Å². The summed E-state index contributed by atoms with van der Waals surface area (Å²) in [5.41, 5.74) is -14.1. The number of carbonyl (C=O) groups is 1. The van der Waals surface area contributed by atoms with E-state index in [1.807, 2.05) is 0 Å². The molecule has 24 heavy (non-hydrogen) atoms. The normalized spacial score (nSPS) is 18.5. The molecule has 13 heteroatoms. The third-order valence-electron chi connectivity index (χ3n) is 3.51. The van der Waals surface area contributed by atoms with Crippen molar-refractivity contribution in [1.82, 2.24) is 0 Å². The maximum Gasteiger partial charge on any atom is 0.499 e. The van der Waals surface area contributed by atoms with Crippen molar-refractivity contribution in [1.29, 1.82) is 0 Å². The van der Waals surface area contributed by atoms with Crippen LogP contribution in [0, 0.1) is 0 Å². The first-order valence-corrected chi connectivity index (χ1v) is 8.82. The molecule has 0 aromatic heterocycles. The number of Topliss-reactive ketones (excluding diaryl/α,β-unsaturated/α-hetero) is 1. The van der Waals surface area contributed by atoms with Gasteiger partial charge in [0.2, 0.25) is 5.78 Å². The topological polar surface area (TPSA) is 85.3 Å². The summed E-state index contributed by atoms with van der Waals surface area (Å²) in [6, 6.07) is 3.81. The minimum absolute atomic E-state index is 0.539. The van der Waals surface area contributed by atoms with Crippen molar-refractivity contribution < 1.29 is 48.0 Å². The molecule has 0 atom stereocenters. The Balaban J connectivity index is 2.96. The molecule has 0 amide bonds. The Morgan fingerprint density at radius 2 is 1.25 bits per heavy atom. The van der Waals surface area contributed by atoms with Crippen molar-refractivity contribution in [2.24, 2.45) is 0 Å². The lowest BCUT2D eigenvalue weighted by atomic mass is 10.1. The Labute approximate surface area is 131 Å². The van der Waals surface area contributed by atoms with Crippen molar-refractivity contribution in [3.05, 3.63) is 35.4 Å². The number of halogens is 6. The van der Waals surface area contributed by atoms with E-state index in [0.717, 1.165) is 24.3 Å². The Hall–Kier alpha value is -1.63. The lowest BCUT2D eigenvalue weighted by molar-refractivity contribution is -0.0487. The van der Waals surface area contributed by atoms with Crippen LogP contribution < -0.4 is 0 Å². The maximum atomic E-state index is 12.9. The van der Waals surface area contributed by atoms with Gasteiger partial charge >= 0.3 is 11.0 Å². The van der Waals surface area contributed by atoms with E-state index in [-0.39, 0.29) is 0 Å². The summed E-state index contributed by atoms with van der Waals surface area (Å²) in [7, 11) is -14.1. The van der Waals surface area contributed by atoms with Crippen LogP contribution in [0.2, 0.25) is 0 Å². The lowest BCUT2D eigenvalue weighted by Crippen LogP contribution is -2.59. The molecule has 0 N–H and O–H groups in total. The molecule has 1 aliphatic rings. The second-order valence-corrected chi connectivity index (χ2v) is 9.41. The summed E-state index contributed by atoms with van der Waals surface area (Å²) >= 11 is 0. The van der Waals surface area contributed by atoms with Crippen LogP contribution in [0.4, 0.5) is 26.3 Å². The SMILES string of the molecule is O=C1c2ccccc2CC1(S(=O)(=O)C(F)(F)F)S(=O)(=O)C(F)(F)F. The molecule has 2 rings (SSSR count). The van der Waals surface area contributed by atoms with Gasteiger partial charge < -0.3 is 0 Å². The highest BCUT2D eigenvalue weighted by molar-refractivity contribution is 8.12. The van der Waals surface area contributed by atoms with Crippen molar-refractivity contribution >= 4 is 25.5 Å². The van der Waals surface area contributed by atoms with Gasteiger partial charge in [0.1, 0.15) is 0 Å². The molecule has 1 aromatic carbocycles. The quantitative estimate of drug-likeness (QED) is 0.714. The van der Waals surface area contributed by atoms with Gasteiger partial charge in [-0.25, -0.2) is 16.8 Å². The fourth-order valence-corrected chi connectivity index (χ4v) is 6.25. The zero-order valence-corrected chi connectivity index (χ0v) is 12.8. The van der Waals surface area contributed by atoms with Crippen molar-refractivity contribution in [3.8, 4) is 0 Å². The van der Waals surface area contributed by atoms with Gasteiger partial charge in [-0.3, -0.25) is 4.79 Å². The van der Waals surface area contributed by atoms with Crippen LogP contribution in [0.3, 0.4) is 0 Å². The van der Waals surface area contributed by atoms with Crippen LogP contribution in [0.5, 0.6) is 0 Å². The third kappa shape index (κ3) is 2.10. The second kappa shape index (κ2) is 4.94. The van der Waals surface area contributed by atoms with Gasteiger partial charge in [-0.05, 0) is 5.56 Å². The predicted molar refractivity (Wildman–Crippen MR) is 67.2 cm³/mol. The molecule has 0 unspecified atom stereocenters. The number of benzene rings is 1. The van der Waals surface area contributed by atoms with Crippen LogP contribution in [0.25, 0.3) is 0 Å². The number of ketones is 1. The molecule has 0 saturated carbocycles. The smallest absolute Gasteiger partial charge is 0.291 e. The molecule has 5 nitrogen and oxygen atoms in total. The van der Waals surface area contributed by atoms with Crippen molar-refractivity contribution in [2.75, 3.05) is 0 Å². The standard InChI is InChI=1S/C11H6F6O5S2/c12-10(13,14)23(19,20)9(24(21,22)11(15,16)17)5-6-3-1-2-4-7(6)8(9)18/h1-4H,5H2. The van der Waals surface area contributed by atoms with Gasteiger partial charge in [0.05, 0.1) is 0 Å². The van der Waals surface area contributed by atoms with Gasteiger partial charge in [0.25, 0.3) is 23.8 Å². The van der Waals surface area contributed by atoms with E-state index in [1.54, 1.807) is 0 Å². The van der Waals surface area contributed by atoms with Gasteiger partial charge in [-0.15, -0.1) is 0 Å². The first kappa shape index (κ1) is 18.7. The van der Waals surface area contributed by atoms with E-state index in [2.05, 4.69) is 0 Å². The van der Waals surface area contributed by atoms with Gasteiger partial charge in [0, 0.05) is 12.0 Å². The van der Waals surface area contributed by atoms with E-state index >= 15 is 0 Å². The molecule has 134 valence electrons. The molecule has 1 aliphatic carbocycles. The number of rotatable bonds is 2. The Kier molecular flexibility index (Phi) is 3.85. The first-order valence-electron chi connectivity index (χ1n) is 5.86. The summed E-state index contributed by atoms with van der Waals surface area (Å²) in [6.07, 6.45) is -1.77. The van der Waals surface area contributed by atoms with E-state index in [9.17, 15) is 48.0 Å². The fraction of sp³-hybridized carbons (Fsp3) is 0.364. The average Bonchev–Trinajstić information content (AvgIpc) is 2.72. The molecule has 0 saturated heterocycles. The summed E-state index contributed by atoms with van der Waals surface area (Å²) in [6.45, 7) is 0. The number of hydrogen-bond acceptors (Lipinski definition) is 5. The third-order valence-corrected chi connectivity index (χ3v) is 8.44. The van der Waals surface area contributed by atoms with E-state index in [1.165, 1.54) is 0 Å². The molecule has 1 aromatic rings. The van der Waals surface area contributed by atoms with Crippen LogP contribution in [-0.2, 0) is 26.1 Å². The molecule has 0 fully saturated rings. The summed E-state index contributed by atoms with van der Waals surface area (Å²) < 4.78 is 119. The van der Waals surface area contributed by atoms with Crippen LogP contribution >= 0.6 is 0 Å². The average molecular weight is 396 g/mol. The number of carbonyl (C=O) groups excluding carboxylic acids is 1. The minimum Gasteiger partial charge on any atom is -0.291 e. The van der Waals surface area contributed by atoms with Crippen molar-refractivity contribution in [2.45, 2.75) is 21.5 Å². The molecular formula is C11H6F6O5S2. The monoisotopic (exact) mass is 396 g/mol. The van der Waals surface area contributed by atoms with Gasteiger partial charge in [0.15, 0.2) is 0 Å². The molecular weight excluding hydrogens is 390 g/mol. The van der Waals surface area contributed by atoms with Crippen molar-refractivity contribution in [3.63, 3.8) is 0 Å². The highest BCUT2D eigenvalue weighted by atomic mass is 32.3. The zero-order chi connectivity index (χ0) is 18.8. The zero-order valence-electron chi connectivity index (χ0n) is 11.1. The number of alkyl halides is 6. The number of hydrogen-bond donors (Lipinski definition) is 0. The van der Waals surface area contributed by atoms with Gasteiger partial charge in [-0.1, -0.05) is 24.3 Å². The van der Waals surface area contributed by atoms with Gasteiger partial charge in [-0.2, -0.15) is 26.3 Å². The Morgan fingerprint density at radius 3 is 1.62 bits per heavy atom. The predicted octanol–water partition coefficient (Wildman–Crippen LogP) is 1.99. The molecule has 0 radical (unpaired) electrons. The summed E-state index contributed by atoms with van der Waals surface area (Å²) in [5.74, 6) is -2.27. The van der Waals surface area contributed by atoms with Crippen LogP contribution in [-0.4, -0.2) is 37.7 Å². The number of sulfone groups is 2. The Bertz CT molecular complexity index is 867. The minimum atomic E-state index is -7.05. The molecule has 0 heterocycles. The highest BCUT2D eigenvalue weighted by Gasteiger charge is 2.77. The lowest BCUT2D eigenvalue weighted by Gasteiger charge is -2.28. The Morgan fingerprint density at radius 1 is 0.833 bits per heavy atom. The summed E-state index contributed by atoms with van der Waals surface area (Å²) in [5, 5.41) is 0. The van der Waals surface area contributed by atoms with E-state index < -0.39 is 58.1 Å². The van der Waals surface area contributed by atoms with E-state index in [4.69, 9.17) is 0 Å². The maximum absolute atomic E-state index is 12.9. The van der Waals surface area contributed by atoms with Crippen LogP contribution in [0.1, 0.15) is 15.9 Å².